The van der Waals surface area contributed by atoms with Gasteiger partial charge in [0.2, 0.25) is 15.9 Å². The Morgan fingerprint density at radius 2 is 2.00 bits per heavy atom. The Hall–Kier alpha value is -0.730. The fourth-order valence-electron chi connectivity index (χ4n) is 1.17. The molecule has 0 radical (unpaired) electrons. The molecule has 0 aliphatic rings. The number of hydrogen-bond donors (Lipinski definition) is 3. The summed E-state index contributed by atoms with van der Waals surface area (Å²) in [5.74, 6) is -0.367. The predicted molar refractivity (Wildman–Crippen MR) is 71.1 cm³/mol. The predicted octanol–water partition coefficient (Wildman–Crippen LogP) is -0.503. The van der Waals surface area contributed by atoms with Crippen LogP contribution in [0.5, 0.6) is 0 Å². The Labute approximate surface area is 107 Å². The van der Waals surface area contributed by atoms with Gasteiger partial charge in [0.25, 0.3) is 0 Å². The maximum atomic E-state index is 11.7. The lowest BCUT2D eigenvalue weighted by molar-refractivity contribution is -0.119. The quantitative estimate of drug-likeness (QED) is 0.521. The van der Waals surface area contributed by atoms with Crippen molar-refractivity contribution < 1.29 is 13.2 Å². The van der Waals surface area contributed by atoms with E-state index in [4.69, 9.17) is 5.73 Å². The van der Waals surface area contributed by atoms with Gasteiger partial charge in [-0.1, -0.05) is 26.1 Å². The van der Waals surface area contributed by atoms with Crippen LogP contribution in [0, 0.1) is 0 Å². The van der Waals surface area contributed by atoms with Gasteiger partial charge in [0.05, 0.1) is 11.5 Å². The highest BCUT2D eigenvalue weighted by molar-refractivity contribution is 7.93. The van der Waals surface area contributed by atoms with Crippen LogP contribution in [0.15, 0.2) is 0 Å². The van der Waals surface area contributed by atoms with E-state index in [2.05, 4.69) is 22.3 Å². The van der Waals surface area contributed by atoms with Gasteiger partial charge >= 0.3 is 0 Å². The molecule has 0 saturated carbocycles. The van der Waals surface area contributed by atoms with E-state index in [1.165, 1.54) is 0 Å². The van der Waals surface area contributed by atoms with Crippen LogP contribution in [-0.4, -0.2) is 37.7 Å². The molecule has 0 aromatic carbocycles. The molecule has 0 aromatic heterocycles. The maximum absolute atomic E-state index is 11.7. The smallest absolute Gasteiger partial charge is 0.235 e. The molecule has 0 bridgehead atoms. The summed E-state index contributed by atoms with van der Waals surface area (Å²) in [7, 11) is -3.67. The second kappa shape index (κ2) is 7.57. The minimum Gasteiger partial charge on any atom is -0.392 e. The second-order valence-corrected chi connectivity index (χ2v) is 5.93. The minimum atomic E-state index is -3.67. The van der Waals surface area contributed by atoms with E-state index in [0.29, 0.717) is 6.54 Å². The summed E-state index contributed by atoms with van der Waals surface area (Å²) in [6.07, 6.45) is 1.07. The van der Waals surface area contributed by atoms with Gasteiger partial charge in [-0.05, 0) is 12.8 Å². The van der Waals surface area contributed by atoms with Gasteiger partial charge in [-0.15, -0.1) is 0 Å². The summed E-state index contributed by atoms with van der Waals surface area (Å²) >= 11 is 4.67. The molecule has 0 heterocycles. The molecular weight excluding hydrogens is 262 g/mol. The lowest BCUT2D eigenvalue weighted by Crippen LogP contribution is -2.45. The summed E-state index contributed by atoms with van der Waals surface area (Å²) in [4.78, 5) is 11.1. The first-order chi connectivity index (χ1) is 7.85. The Balaban J connectivity index is 4.36. The van der Waals surface area contributed by atoms with Gasteiger partial charge in [0.1, 0.15) is 5.25 Å². The van der Waals surface area contributed by atoms with Crippen LogP contribution in [0.1, 0.15) is 26.7 Å². The summed E-state index contributed by atoms with van der Waals surface area (Å²) in [6, 6.07) is 0. The molecule has 0 spiro atoms. The summed E-state index contributed by atoms with van der Waals surface area (Å²) in [6.45, 7) is 3.80. The zero-order valence-electron chi connectivity index (χ0n) is 10.0. The number of sulfonamides is 1. The molecule has 1 atom stereocenters. The Bertz CT molecular complexity index is 368. The molecule has 6 nitrogen and oxygen atoms in total. The number of nitrogens with two attached hydrogens (primary N) is 1. The highest BCUT2D eigenvalue weighted by Gasteiger charge is 2.26. The number of carbonyl (C=O) groups is 1. The van der Waals surface area contributed by atoms with Gasteiger partial charge in [-0.25, -0.2) is 13.1 Å². The van der Waals surface area contributed by atoms with E-state index >= 15 is 0 Å². The Morgan fingerprint density at radius 1 is 1.41 bits per heavy atom. The first-order valence-corrected chi connectivity index (χ1v) is 7.35. The maximum Gasteiger partial charge on any atom is 0.235 e. The van der Waals surface area contributed by atoms with Crippen molar-refractivity contribution in [2.24, 2.45) is 5.73 Å². The number of thiocarbonyl (C=S) groups is 1. The van der Waals surface area contributed by atoms with E-state index in [9.17, 15) is 13.2 Å². The first-order valence-electron chi connectivity index (χ1n) is 5.39. The fourth-order valence-corrected chi connectivity index (χ4v) is 2.99. The number of carbonyl (C=O) groups excluding carboxylic acids is 1. The van der Waals surface area contributed by atoms with Crippen molar-refractivity contribution in [2.75, 3.05) is 13.1 Å². The number of hydrogen-bond acceptors (Lipinski definition) is 4. The minimum absolute atomic E-state index is 0.0889. The van der Waals surface area contributed by atoms with E-state index in [1.807, 2.05) is 6.92 Å². The van der Waals surface area contributed by atoms with Gasteiger partial charge in [0.15, 0.2) is 0 Å². The van der Waals surface area contributed by atoms with Crippen molar-refractivity contribution in [1.82, 2.24) is 10.0 Å². The molecule has 1 unspecified atom stereocenters. The summed E-state index contributed by atoms with van der Waals surface area (Å²) in [5.41, 5.74) is 5.33. The standard InChI is InChI=1S/C9H19N3O3S2/c1-3-5-11-8(13)6-12-17(14,15)7(4-2)9(10)16/h7,12H,3-6H2,1-2H3,(H2,10,16)(H,11,13). The molecule has 4 N–H and O–H groups in total. The highest BCUT2D eigenvalue weighted by Crippen LogP contribution is 2.04. The topological polar surface area (TPSA) is 101 Å². The molecule has 0 rings (SSSR count). The van der Waals surface area contributed by atoms with E-state index in [0.717, 1.165) is 6.42 Å². The van der Waals surface area contributed by atoms with Crippen molar-refractivity contribution in [2.45, 2.75) is 31.9 Å². The summed E-state index contributed by atoms with van der Waals surface area (Å²) in [5, 5.41) is 1.63. The van der Waals surface area contributed by atoms with Crippen molar-refractivity contribution in [1.29, 1.82) is 0 Å². The molecule has 8 heteroatoms. The fraction of sp³-hybridized carbons (Fsp3) is 0.778. The molecule has 0 aliphatic carbocycles. The van der Waals surface area contributed by atoms with Crippen molar-refractivity contribution in [3.05, 3.63) is 0 Å². The number of rotatable bonds is 8. The normalized spacial score (nSPS) is 13.1. The largest absolute Gasteiger partial charge is 0.392 e. The molecular formula is C9H19N3O3S2. The van der Waals surface area contributed by atoms with Crippen LogP contribution in [0.25, 0.3) is 0 Å². The molecule has 0 fully saturated rings. The van der Waals surface area contributed by atoms with Crippen molar-refractivity contribution >= 4 is 33.1 Å². The van der Waals surface area contributed by atoms with Crippen LogP contribution in [-0.2, 0) is 14.8 Å². The average molecular weight is 281 g/mol. The second-order valence-electron chi connectivity index (χ2n) is 3.52. The van der Waals surface area contributed by atoms with Gasteiger partial charge in [-0.3, -0.25) is 4.79 Å². The molecule has 17 heavy (non-hydrogen) atoms. The number of amides is 1. The van der Waals surface area contributed by atoms with Gasteiger partial charge < -0.3 is 11.1 Å². The Morgan fingerprint density at radius 3 is 2.41 bits per heavy atom. The van der Waals surface area contributed by atoms with E-state index in [1.54, 1.807) is 6.92 Å². The zero-order chi connectivity index (χ0) is 13.5. The third-order valence-corrected chi connectivity index (χ3v) is 4.39. The highest BCUT2D eigenvalue weighted by atomic mass is 32.2. The monoisotopic (exact) mass is 281 g/mol. The number of nitrogens with one attached hydrogen (secondary N) is 2. The van der Waals surface area contributed by atoms with Crippen LogP contribution in [0.2, 0.25) is 0 Å². The van der Waals surface area contributed by atoms with Crippen molar-refractivity contribution in [3.63, 3.8) is 0 Å². The van der Waals surface area contributed by atoms with Gasteiger partial charge in [0, 0.05) is 6.54 Å². The molecule has 0 aromatic rings. The lowest BCUT2D eigenvalue weighted by Gasteiger charge is -2.14. The third-order valence-electron chi connectivity index (χ3n) is 2.07. The van der Waals surface area contributed by atoms with Crippen molar-refractivity contribution in [3.8, 4) is 0 Å². The summed E-state index contributed by atoms with van der Waals surface area (Å²) < 4.78 is 25.6. The van der Waals surface area contributed by atoms with Crippen LogP contribution in [0.4, 0.5) is 0 Å². The molecule has 100 valence electrons. The SMILES string of the molecule is CCCNC(=O)CNS(=O)(=O)C(CC)C(N)=S. The lowest BCUT2D eigenvalue weighted by atomic mass is 10.3. The molecule has 0 saturated heterocycles. The van der Waals surface area contributed by atoms with E-state index < -0.39 is 15.3 Å². The van der Waals surface area contributed by atoms with Crippen LogP contribution in [0.3, 0.4) is 0 Å². The molecule has 0 aliphatic heterocycles. The van der Waals surface area contributed by atoms with Crippen LogP contribution >= 0.6 is 12.2 Å². The van der Waals surface area contributed by atoms with E-state index in [-0.39, 0.29) is 23.9 Å². The molecule has 1 amide bonds. The Kier molecular flexibility index (Phi) is 7.24. The average Bonchev–Trinajstić information content (AvgIpc) is 2.23. The zero-order valence-corrected chi connectivity index (χ0v) is 11.7. The third kappa shape index (κ3) is 5.94. The van der Waals surface area contributed by atoms with Crippen LogP contribution < -0.4 is 15.8 Å². The first kappa shape index (κ1) is 16.3. The van der Waals surface area contributed by atoms with Gasteiger partial charge in [-0.2, -0.15) is 0 Å².